The molecule has 0 radical (unpaired) electrons. The maximum atomic E-state index is 13.3. The lowest BCUT2D eigenvalue weighted by Crippen LogP contribution is -2.36. The molecule has 0 aliphatic heterocycles. The van der Waals surface area contributed by atoms with Crippen molar-refractivity contribution in [2.45, 2.75) is 31.1 Å². The van der Waals surface area contributed by atoms with Gasteiger partial charge in [0.25, 0.3) is 5.91 Å². The van der Waals surface area contributed by atoms with E-state index >= 15 is 0 Å². The predicted molar refractivity (Wildman–Crippen MR) is 104 cm³/mol. The Kier molecular flexibility index (Phi) is 6.26. The SMILES string of the molecule is COC(=O)c1ccccc1NC(=O)COC(=O)C1(c2ccc(F)cc2)CCCC1. The third kappa shape index (κ3) is 4.45. The molecule has 0 spiro atoms. The Labute approximate surface area is 168 Å². The molecule has 29 heavy (non-hydrogen) atoms. The number of hydrogen-bond donors (Lipinski definition) is 1. The first kappa shape index (κ1) is 20.5. The number of nitrogens with one attached hydrogen (secondary N) is 1. The van der Waals surface area contributed by atoms with Crippen LogP contribution < -0.4 is 5.32 Å². The summed E-state index contributed by atoms with van der Waals surface area (Å²) in [5, 5.41) is 2.56. The zero-order valence-electron chi connectivity index (χ0n) is 16.1. The van der Waals surface area contributed by atoms with Gasteiger partial charge in [-0.15, -0.1) is 0 Å². The minimum atomic E-state index is -0.863. The van der Waals surface area contributed by atoms with Crippen molar-refractivity contribution in [1.29, 1.82) is 0 Å². The number of carbonyl (C=O) groups excluding carboxylic acids is 3. The summed E-state index contributed by atoms with van der Waals surface area (Å²) < 4.78 is 23.3. The summed E-state index contributed by atoms with van der Waals surface area (Å²) >= 11 is 0. The molecular formula is C22H22FNO5. The molecule has 1 aliphatic carbocycles. The van der Waals surface area contributed by atoms with Gasteiger partial charge in [0.05, 0.1) is 23.8 Å². The zero-order chi connectivity index (χ0) is 20.9. The van der Waals surface area contributed by atoms with E-state index in [1.807, 2.05) is 0 Å². The van der Waals surface area contributed by atoms with Gasteiger partial charge >= 0.3 is 11.9 Å². The van der Waals surface area contributed by atoms with E-state index in [9.17, 15) is 18.8 Å². The Morgan fingerprint density at radius 2 is 1.69 bits per heavy atom. The van der Waals surface area contributed by atoms with Crippen LogP contribution in [0.25, 0.3) is 0 Å². The van der Waals surface area contributed by atoms with Crippen molar-refractivity contribution >= 4 is 23.5 Å². The van der Waals surface area contributed by atoms with E-state index in [1.165, 1.54) is 25.3 Å². The lowest BCUT2D eigenvalue weighted by Gasteiger charge is -2.27. The number of amides is 1. The summed E-state index contributed by atoms with van der Waals surface area (Å²) in [7, 11) is 1.25. The van der Waals surface area contributed by atoms with Crippen molar-refractivity contribution < 1.29 is 28.2 Å². The van der Waals surface area contributed by atoms with E-state index in [2.05, 4.69) is 5.32 Å². The predicted octanol–water partition coefficient (Wildman–Crippen LogP) is 3.61. The molecule has 0 unspecified atom stereocenters. The van der Waals surface area contributed by atoms with Crippen LogP contribution in [0.15, 0.2) is 48.5 Å². The lowest BCUT2D eigenvalue weighted by atomic mass is 9.79. The number of rotatable bonds is 6. The van der Waals surface area contributed by atoms with Gasteiger partial charge < -0.3 is 14.8 Å². The summed E-state index contributed by atoms with van der Waals surface area (Å²) in [6.07, 6.45) is 2.88. The Bertz CT molecular complexity index is 904. The molecular weight excluding hydrogens is 377 g/mol. The van der Waals surface area contributed by atoms with Crippen LogP contribution in [-0.2, 0) is 24.5 Å². The first-order valence-electron chi connectivity index (χ1n) is 9.37. The van der Waals surface area contributed by atoms with E-state index in [-0.39, 0.29) is 17.1 Å². The monoisotopic (exact) mass is 399 g/mol. The van der Waals surface area contributed by atoms with Crippen molar-refractivity contribution in [2.24, 2.45) is 0 Å². The third-order valence-corrected chi connectivity index (χ3v) is 5.19. The van der Waals surface area contributed by atoms with Gasteiger partial charge in [0, 0.05) is 0 Å². The summed E-state index contributed by atoms with van der Waals surface area (Å²) in [4.78, 5) is 36.9. The molecule has 1 aliphatic rings. The third-order valence-electron chi connectivity index (χ3n) is 5.19. The van der Waals surface area contributed by atoms with Crippen molar-refractivity contribution in [3.63, 3.8) is 0 Å². The smallest absolute Gasteiger partial charge is 0.339 e. The van der Waals surface area contributed by atoms with Crippen LogP contribution in [-0.4, -0.2) is 31.6 Å². The Morgan fingerprint density at radius 3 is 2.34 bits per heavy atom. The fourth-order valence-electron chi connectivity index (χ4n) is 3.69. The molecule has 0 heterocycles. The normalized spacial score (nSPS) is 14.8. The van der Waals surface area contributed by atoms with E-state index in [4.69, 9.17) is 9.47 Å². The molecule has 6 nitrogen and oxygen atoms in total. The summed E-state index contributed by atoms with van der Waals surface area (Å²) in [5.41, 5.74) is 0.304. The fourth-order valence-corrected chi connectivity index (χ4v) is 3.69. The summed E-state index contributed by atoms with van der Waals surface area (Å²) in [6, 6.07) is 12.2. The highest BCUT2D eigenvalue weighted by Gasteiger charge is 2.44. The summed E-state index contributed by atoms with van der Waals surface area (Å²) in [6.45, 7) is -0.489. The number of carbonyl (C=O) groups is 3. The molecule has 0 atom stereocenters. The maximum absolute atomic E-state index is 13.3. The average Bonchev–Trinajstić information content (AvgIpc) is 3.23. The highest BCUT2D eigenvalue weighted by atomic mass is 19.1. The fraction of sp³-hybridized carbons (Fsp3) is 0.318. The van der Waals surface area contributed by atoms with E-state index in [0.717, 1.165) is 12.8 Å². The largest absolute Gasteiger partial charge is 0.465 e. The molecule has 0 bridgehead atoms. The molecule has 1 saturated carbocycles. The van der Waals surface area contributed by atoms with Crippen LogP contribution in [0.1, 0.15) is 41.6 Å². The van der Waals surface area contributed by atoms with Gasteiger partial charge in [0.2, 0.25) is 0 Å². The lowest BCUT2D eigenvalue weighted by molar-refractivity contribution is -0.153. The van der Waals surface area contributed by atoms with Gasteiger partial charge in [-0.25, -0.2) is 9.18 Å². The highest BCUT2D eigenvalue weighted by molar-refractivity contribution is 6.02. The van der Waals surface area contributed by atoms with Gasteiger partial charge in [-0.1, -0.05) is 37.1 Å². The van der Waals surface area contributed by atoms with Crippen molar-refractivity contribution in [3.8, 4) is 0 Å². The molecule has 2 aromatic carbocycles. The summed E-state index contributed by atoms with van der Waals surface area (Å²) in [5.74, 6) is -2.03. The molecule has 3 rings (SSSR count). The first-order valence-corrected chi connectivity index (χ1v) is 9.37. The van der Waals surface area contributed by atoms with Crippen LogP contribution in [0, 0.1) is 5.82 Å². The Balaban J connectivity index is 1.67. The number of hydrogen-bond acceptors (Lipinski definition) is 5. The second-order valence-corrected chi connectivity index (χ2v) is 6.96. The minimum Gasteiger partial charge on any atom is -0.465 e. The average molecular weight is 399 g/mol. The molecule has 2 aromatic rings. The van der Waals surface area contributed by atoms with Gasteiger partial charge in [-0.05, 0) is 42.7 Å². The number of ether oxygens (including phenoxy) is 2. The first-order chi connectivity index (χ1) is 14.0. The Hall–Kier alpha value is -3.22. The van der Waals surface area contributed by atoms with E-state index in [1.54, 1.807) is 30.3 Å². The van der Waals surface area contributed by atoms with Crippen LogP contribution >= 0.6 is 0 Å². The zero-order valence-corrected chi connectivity index (χ0v) is 16.1. The maximum Gasteiger partial charge on any atom is 0.339 e. The van der Waals surface area contributed by atoms with Crippen LogP contribution in [0.3, 0.4) is 0 Å². The second-order valence-electron chi connectivity index (χ2n) is 6.96. The van der Waals surface area contributed by atoms with Crippen molar-refractivity contribution in [1.82, 2.24) is 0 Å². The van der Waals surface area contributed by atoms with Crippen molar-refractivity contribution in [3.05, 3.63) is 65.5 Å². The van der Waals surface area contributed by atoms with Crippen LogP contribution in [0.5, 0.6) is 0 Å². The van der Waals surface area contributed by atoms with E-state index < -0.39 is 29.9 Å². The van der Waals surface area contributed by atoms with Gasteiger partial charge in [0.1, 0.15) is 5.82 Å². The van der Waals surface area contributed by atoms with Gasteiger partial charge in [0.15, 0.2) is 6.61 Å². The van der Waals surface area contributed by atoms with E-state index in [0.29, 0.717) is 18.4 Å². The number of anilines is 1. The van der Waals surface area contributed by atoms with Gasteiger partial charge in [-0.3, -0.25) is 9.59 Å². The molecule has 0 aromatic heterocycles. The quantitative estimate of drug-likeness (QED) is 0.751. The molecule has 7 heteroatoms. The molecule has 0 saturated heterocycles. The Morgan fingerprint density at radius 1 is 1.03 bits per heavy atom. The molecule has 1 amide bonds. The molecule has 1 fully saturated rings. The minimum absolute atomic E-state index is 0.202. The molecule has 1 N–H and O–H groups in total. The molecule has 152 valence electrons. The second kappa shape index (κ2) is 8.86. The topological polar surface area (TPSA) is 81.7 Å². The number of methoxy groups -OCH3 is 1. The van der Waals surface area contributed by atoms with Crippen LogP contribution in [0.2, 0.25) is 0 Å². The highest BCUT2D eigenvalue weighted by Crippen LogP contribution is 2.42. The number of para-hydroxylation sites is 1. The standard InChI is InChI=1S/C22H22FNO5/c1-28-20(26)17-6-2-3-7-18(17)24-19(25)14-29-21(27)22(12-4-5-13-22)15-8-10-16(23)11-9-15/h2-3,6-11H,4-5,12-14H2,1H3,(H,24,25). The number of esters is 2. The van der Waals surface area contributed by atoms with Gasteiger partial charge in [-0.2, -0.15) is 0 Å². The van der Waals surface area contributed by atoms with Crippen molar-refractivity contribution in [2.75, 3.05) is 19.0 Å². The number of benzene rings is 2. The van der Waals surface area contributed by atoms with Crippen LogP contribution in [0.4, 0.5) is 10.1 Å². The number of halogens is 1.